The van der Waals surface area contributed by atoms with Gasteiger partial charge < -0.3 is 25.8 Å². The Labute approximate surface area is 197 Å². The number of nitrogens with zero attached hydrogens (tertiary/aromatic N) is 3. The molecular formula is C21H39IN6O2. The zero-order valence-corrected chi connectivity index (χ0v) is 21.0. The number of piperidine rings is 1. The SMILES string of the molecule is CCNC(=NCc1c(CC)noc1CC)NCCCCN1CCC(C(N)=O)CC1.I. The number of carbonyl (C=O) groups is 1. The Morgan fingerprint density at radius 2 is 1.93 bits per heavy atom. The second-order valence-electron chi connectivity index (χ2n) is 7.59. The standard InChI is InChI=1S/C21H38N6O2.HI/c1-4-18-17(19(5-2)29-26-18)15-25-21(23-6-3)24-11-7-8-12-27-13-9-16(10-14-27)20(22)28;/h16H,4-15H2,1-3H3,(H2,22,28)(H2,23,24,25);1H. The van der Waals surface area contributed by atoms with Crippen molar-refractivity contribution in [3.8, 4) is 0 Å². The molecule has 172 valence electrons. The summed E-state index contributed by atoms with van der Waals surface area (Å²) in [5.41, 5.74) is 7.52. The van der Waals surface area contributed by atoms with Gasteiger partial charge in [-0.25, -0.2) is 4.99 Å². The van der Waals surface area contributed by atoms with Crippen LogP contribution in [0.2, 0.25) is 0 Å². The summed E-state index contributed by atoms with van der Waals surface area (Å²) in [5, 5.41) is 10.9. The highest BCUT2D eigenvalue weighted by Gasteiger charge is 2.22. The van der Waals surface area contributed by atoms with Crippen LogP contribution >= 0.6 is 24.0 Å². The van der Waals surface area contributed by atoms with E-state index >= 15 is 0 Å². The maximum absolute atomic E-state index is 11.2. The van der Waals surface area contributed by atoms with Gasteiger partial charge in [-0.2, -0.15) is 0 Å². The fourth-order valence-corrected chi connectivity index (χ4v) is 3.72. The molecular weight excluding hydrogens is 495 g/mol. The number of aliphatic imine (C=N–C) groups is 1. The smallest absolute Gasteiger partial charge is 0.220 e. The summed E-state index contributed by atoms with van der Waals surface area (Å²) < 4.78 is 5.43. The van der Waals surface area contributed by atoms with Gasteiger partial charge in [-0.05, 0) is 58.7 Å². The largest absolute Gasteiger partial charge is 0.369 e. The highest BCUT2D eigenvalue weighted by molar-refractivity contribution is 14.0. The predicted molar refractivity (Wildman–Crippen MR) is 131 cm³/mol. The number of rotatable bonds is 11. The lowest BCUT2D eigenvalue weighted by atomic mass is 9.96. The molecule has 1 saturated heterocycles. The maximum Gasteiger partial charge on any atom is 0.220 e. The van der Waals surface area contributed by atoms with Crippen LogP contribution in [-0.4, -0.2) is 54.6 Å². The van der Waals surface area contributed by atoms with Crippen molar-refractivity contribution in [3.63, 3.8) is 0 Å². The number of amides is 1. The molecule has 0 aromatic carbocycles. The zero-order chi connectivity index (χ0) is 21.1. The molecule has 0 unspecified atom stereocenters. The molecule has 1 amide bonds. The molecule has 9 heteroatoms. The van der Waals surface area contributed by atoms with Crippen LogP contribution < -0.4 is 16.4 Å². The Balaban J connectivity index is 0.00000450. The van der Waals surface area contributed by atoms with Crippen LogP contribution in [0.5, 0.6) is 0 Å². The number of aromatic nitrogens is 1. The molecule has 0 aliphatic carbocycles. The number of unbranched alkanes of at least 4 members (excludes halogenated alkanes) is 1. The fraction of sp³-hybridized carbons (Fsp3) is 0.762. The summed E-state index contributed by atoms with van der Waals surface area (Å²) in [5.74, 6) is 1.69. The summed E-state index contributed by atoms with van der Waals surface area (Å²) in [6, 6.07) is 0. The Morgan fingerprint density at radius 1 is 1.20 bits per heavy atom. The van der Waals surface area contributed by atoms with E-state index in [2.05, 4.69) is 41.5 Å². The average Bonchev–Trinajstić information content (AvgIpc) is 3.14. The van der Waals surface area contributed by atoms with Gasteiger partial charge >= 0.3 is 0 Å². The van der Waals surface area contributed by atoms with Crippen molar-refractivity contribution in [3.05, 3.63) is 17.0 Å². The minimum absolute atomic E-state index is 0. The quantitative estimate of drug-likeness (QED) is 0.174. The average molecular weight is 534 g/mol. The zero-order valence-electron chi connectivity index (χ0n) is 18.7. The molecule has 0 atom stereocenters. The summed E-state index contributed by atoms with van der Waals surface area (Å²) >= 11 is 0. The van der Waals surface area contributed by atoms with Gasteiger partial charge in [0.05, 0.1) is 12.2 Å². The van der Waals surface area contributed by atoms with Gasteiger partial charge in [0.15, 0.2) is 5.96 Å². The minimum atomic E-state index is -0.146. The van der Waals surface area contributed by atoms with Crippen molar-refractivity contribution in [2.75, 3.05) is 32.7 Å². The number of halogens is 1. The summed E-state index contributed by atoms with van der Waals surface area (Å²) in [7, 11) is 0. The molecule has 1 aromatic rings. The van der Waals surface area contributed by atoms with Crippen LogP contribution in [0.25, 0.3) is 0 Å². The molecule has 0 spiro atoms. The van der Waals surface area contributed by atoms with Crippen LogP contribution in [-0.2, 0) is 24.2 Å². The number of nitrogens with one attached hydrogen (secondary N) is 2. The molecule has 1 aliphatic heterocycles. The second kappa shape index (κ2) is 14.6. The predicted octanol–water partition coefficient (Wildman–Crippen LogP) is 2.45. The van der Waals surface area contributed by atoms with Crippen LogP contribution in [0.1, 0.15) is 63.5 Å². The van der Waals surface area contributed by atoms with E-state index in [1.807, 2.05) is 0 Å². The van der Waals surface area contributed by atoms with E-state index in [9.17, 15) is 4.79 Å². The van der Waals surface area contributed by atoms with E-state index in [0.29, 0.717) is 6.54 Å². The number of hydrogen-bond donors (Lipinski definition) is 3. The van der Waals surface area contributed by atoms with E-state index < -0.39 is 0 Å². The van der Waals surface area contributed by atoms with Gasteiger partial charge in [0.25, 0.3) is 0 Å². The number of guanidine groups is 1. The van der Waals surface area contributed by atoms with Crippen LogP contribution in [0.3, 0.4) is 0 Å². The molecule has 0 bridgehead atoms. The van der Waals surface area contributed by atoms with Crippen LogP contribution in [0.4, 0.5) is 0 Å². The normalized spacial score (nSPS) is 15.6. The molecule has 2 heterocycles. The number of likely N-dealkylation sites (tertiary alicyclic amines) is 1. The van der Waals surface area contributed by atoms with Crippen LogP contribution in [0, 0.1) is 5.92 Å². The molecule has 8 nitrogen and oxygen atoms in total. The second-order valence-corrected chi connectivity index (χ2v) is 7.59. The molecule has 1 aliphatic rings. The molecule has 1 aromatic heterocycles. The number of primary amides is 1. The highest BCUT2D eigenvalue weighted by Crippen LogP contribution is 2.17. The van der Waals surface area contributed by atoms with Crippen molar-refractivity contribution >= 4 is 35.8 Å². The lowest BCUT2D eigenvalue weighted by Crippen LogP contribution is -2.39. The topological polar surface area (TPSA) is 109 Å². The van der Waals surface area contributed by atoms with Gasteiger partial charge in [-0.1, -0.05) is 19.0 Å². The minimum Gasteiger partial charge on any atom is -0.369 e. The Bertz CT molecular complexity index is 634. The van der Waals surface area contributed by atoms with Gasteiger partial charge in [0.1, 0.15) is 5.76 Å². The van der Waals surface area contributed by atoms with E-state index in [1.54, 1.807) is 0 Å². The molecule has 2 rings (SSSR count). The van der Waals surface area contributed by atoms with Crippen molar-refractivity contribution in [2.45, 2.75) is 65.8 Å². The first-order valence-corrected chi connectivity index (χ1v) is 11.1. The number of nitrogens with two attached hydrogens (primary N) is 1. The number of carbonyl (C=O) groups excluding carboxylic acids is 1. The molecule has 0 radical (unpaired) electrons. The molecule has 30 heavy (non-hydrogen) atoms. The summed E-state index contributed by atoms with van der Waals surface area (Å²) in [6.07, 6.45) is 5.68. The van der Waals surface area contributed by atoms with Gasteiger partial charge in [0, 0.05) is 31.0 Å². The summed E-state index contributed by atoms with van der Waals surface area (Å²) in [6.45, 7) is 11.5. The third-order valence-corrected chi connectivity index (χ3v) is 5.53. The third-order valence-electron chi connectivity index (χ3n) is 5.53. The maximum atomic E-state index is 11.2. The molecule has 0 saturated carbocycles. The van der Waals surface area contributed by atoms with E-state index in [-0.39, 0.29) is 35.8 Å². The van der Waals surface area contributed by atoms with E-state index in [1.165, 1.54) is 0 Å². The lowest BCUT2D eigenvalue weighted by molar-refractivity contribution is -0.123. The Morgan fingerprint density at radius 3 is 2.53 bits per heavy atom. The van der Waals surface area contributed by atoms with Gasteiger partial charge in [-0.15, -0.1) is 24.0 Å². The molecule has 1 fully saturated rings. The van der Waals surface area contributed by atoms with Crippen molar-refractivity contribution in [1.82, 2.24) is 20.7 Å². The number of aryl methyl sites for hydroxylation is 2. The third kappa shape index (κ3) is 8.41. The fourth-order valence-electron chi connectivity index (χ4n) is 3.72. The monoisotopic (exact) mass is 534 g/mol. The van der Waals surface area contributed by atoms with Crippen molar-refractivity contribution in [2.24, 2.45) is 16.6 Å². The number of hydrogen-bond acceptors (Lipinski definition) is 5. The first-order chi connectivity index (χ1) is 14.1. The van der Waals surface area contributed by atoms with E-state index in [0.717, 1.165) is 94.2 Å². The Hall–Kier alpha value is -1.36. The van der Waals surface area contributed by atoms with Crippen molar-refractivity contribution < 1.29 is 9.32 Å². The first kappa shape index (κ1) is 26.7. The van der Waals surface area contributed by atoms with E-state index in [4.69, 9.17) is 15.2 Å². The highest BCUT2D eigenvalue weighted by atomic mass is 127. The van der Waals surface area contributed by atoms with Crippen LogP contribution in [0.15, 0.2) is 9.52 Å². The molecule has 4 N–H and O–H groups in total. The Kier molecular flexibility index (Phi) is 13.0. The van der Waals surface area contributed by atoms with Gasteiger partial charge in [-0.3, -0.25) is 4.79 Å². The van der Waals surface area contributed by atoms with Crippen molar-refractivity contribution in [1.29, 1.82) is 0 Å². The van der Waals surface area contributed by atoms with Gasteiger partial charge in [0.2, 0.25) is 5.91 Å². The lowest BCUT2D eigenvalue weighted by Gasteiger charge is -2.30. The first-order valence-electron chi connectivity index (χ1n) is 11.1. The summed E-state index contributed by atoms with van der Waals surface area (Å²) in [4.78, 5) is 18.4.